The SMILES string of the molecule is Br.Cc1ccc2nc(SCC(=O)c3ccc(Cl)cc3)[nH]c2c1. The van der Waals surface area contributed by atoms with Crippen LogP contribution in [0.15, 0.2) is 47.6 Å². The zero-order valence-corrected chi connectivity index (χ0v) is 15.1. The van der Waals surface area contributed by atoms with Gasteiger partial charge in [-0.2, -0.15) is 0 Å². The van der Waals surface area contributed by atoms with Crippen molar-refractivity contribution in [1.82, 2.24) is 9.97 Å². The lowest BCUT2D eigenvalue weighted by molar-refractivity contribution is 0.102. The summed E-state index contributed by atoms with van der Waals surface area (Å²) in [6.45, 7) is 2.04. The predicted octanol–water partition coefficient (Wildman–Crippen LogP) is 5.08. The van der Waals surface area contributed by atoms with Gasteiger partial charge in [0.25, 0.3) is 0 Å². The Balaban J connectivity index is 0.00000176. The molecule has 114 valence electrons. The molecule has 0 atom stereocenters. The largest absolute Gasteiger partial charge is 0.333 e. The number of carbonyl (C=O) groups excluding carboxylic acids is 1. The van der Waals surface area contributed by atoms with Crippen molar-refractivity contribution >= 4 is 57.2 Å². The van der Waals surface area contributed by atoms with Gasteiger partial charge in [-0.3, -0.25) is 4.79 Å². The number of carbonyl (C=O) groups is 1. The fraction of sp³-hybridized carbons (Fsp3) is 0.125. The van der Waals surface area contributed by atoms with Crippen molar-refractivity contribution in [2.24, 2.45) is 0 Å². The molecule has 0 amide bonds. The van der Waals surface area contributed by atoms with Crippen LogP contribution in [0, 0.1) is 6.92 Å². The number of benzene rings is 2. The molecule has 22 heavy (non-hydrogen) atoms. The number of aromatic nitrogens is 2. The normalized spacial score (nSPS) is 10.5. The van der Waals surface area contributed by atoms with Gasteiger partial charge in [-0.25, -0.2) is 4.98 Å². The van der Waals surface area contributed by atoms with Crippen LogP contribution in [0.1, 0.15) is 15.9 Å². The van der Waals surface area contributed by atoms with Crippen molar-refractivity contribution in [1.29, 1.82) is 0 Å². The number of fused-ring (bicyclic) bond motifs is 1. The number of rotatable bonds is 4. The Hall–Kier alpha value is -1.30. The van der Waals surface area contributed by atoms with Crippen LogP contribution in [0.4, 0.5) is 0 Å². The molecule has 3 rings (SSSR count). The molecular weight excluding hydrogens is 384 g/mol. The molecule has 0 saturated heterocycles. The van der Waals surface area contributed by atoms with E-state index in [0.29, 0.717) is 16.3 Å². The Labute approximate surface area is 148 Å². The summed E-state index contributed by atoms with van der Waals surface area (Å²) in [6.07, 6.45) is 0. The summed E-state index contributed by atoms with van der Waals surface area (Å²) >= 11 is 7.23. The number of thioether (sulfide) groups is 1. The number of aryl methyl sites for hydroxylation is 1. The van der Waals surface area contributed by atoms with Gasteiger partial charge in [0.2, 0.25) is 0 Å². The summed E-state index contributed by atoms with van der Waals surface area (Å²) < 4.78 is 0. The van der Waals surface area contributed by atoms with Crippen molar-refractivity contribution in [3.8, 4) is 0 Å². The predicted molar refractivity (Wildman–Crippen MR) is 97.7 cm³/mol. The lowest BCUT2D eigenvalue weighted by Crippen LogP contribution is -2.02. The molecule has 0 bridgehead atoms. The molecule has 0 spiro atoms. The molecule has 0 aliphatic carbocycles. The van der Waals surface area contributed by atoms with Crippen LogP contribution < -0.4 is 0 Å². The average Bonchev–Trinajstić information content (AvgIpc) is 2.87. The monoisotopic (exact) mass is 396 g/mol. The summed E-state index contributed by atoms with van der Waals surface area (Å²) in [5, 5.41) is 1.39. The van der Waals surface area contributed by atoms with Gasteiger partial charge in [0, 0.05) is 10.6 Å². The molecule has 0 fully saturated rings. The summed E-state index contributed by atoms with van der Waals surface area (Å²) in [5.41, 5.74) is 3.76. The third-order valence-corrected chi connectivity index (χ3v) is 4.25. The quantitative estimate of drug-likeness (QED) is 0.493. The third kappa shape index (κ3) is 3.91. The van der Waals surface area contributed by atoms with Crippen LogP contribution in [0.5, 0.6) is 0 Å². The second kappa shape index (κ2) is 7.31. The first-order chi connectivity index (χ1) is 10.1. The number of imidazole rings is 1. The number of ketones is 1. The van der Waals surface area contributed by atoms with E-state index < -0.39 is 0 Å². The Morgan fingerprint density at radius 3 is 2.68 bits per heavy atom. The van der Waals surface area contributed by atoms with E-state index in [1.54, 1.807) is 24.3 Å². The summed E-state index contributed by atoms with van der Waals surface area (Å²) in [4.78, 5) is 19.8. The highest BCUT2D eigenvalue weighted by atomic mass is 79.9. The molecule has 2 aromatic carbocycles. The number of nitrogens with one attached hydrogen (secondary N) is 1. The molecule has 6 heteroatoms. The second-order valence-corrected chi connectivity index (χ2v) is 6.18. The summed E-state index contributed by atoms with van der Waals surface area (Å²) in [6, 6.07) is 13.0. The van der Waals surface area contributed by atoms with Gasteiger partial charge in [-0.1, -0.05) is 29.4 Å². The van der Waals surface area contributed by atoms with Crippen molar-refractivity contribution in [3.05, 3.63) is 58.6 Å². The Bertz CT molecular complexity index is 802. The Morgan fingerprint density at radius 2 is 1.95 bits per heavy atom. The molecule has 0 unspecified atom stereocenters. The topological polar surface area (TPSA) is 45.8 Å². The highest BCUT2D eigenvalue weighted by Crippen LogP contribution is 2.21. The van der Waals surface area contributed by atoms with Gasteiger partial charge < -0.3 is 4.98 Å². The molecule has 0 aliphatic rings. The van der Waals surface area contributed by atoms with Crippen molar-refractivity contribution in [2.75, 3.05) is 5.75 Å². The molecule has 1 N–H and O–H groups in total. The van der Waals surface area contributed by atoms with Crippen LogP contribution in [0.3, 0.4) is 0 Å². The van der Waals surface area contributed by atoms with Crippen LogP contribution >= 0.6 is 40.3 Å². The number of hydrogen-bond donors (Lipinski definition) is 1. The lowest BCUT2D eigenvalue weighted by atomic mass is 10.1. The molecule has 3 nitrogen and oxygen atoms in total. The van der Waals surface area contributed by atoms with Crippen LogP contribution in [0.25, 0.3) is 11.0 Å². The minimum absolute atomic E-state index is 0. The maximum atomic E-state index is 12.1. The smallest absolute Gasteiger partial charge is 0.173 e. The first-order valence-electron chi connectivity index (χ1n) is 6.50. The van der Waals surface area contributed by atoms with E-state index in [0.717, 1.165) is 16.2 Å². The maximum absolute atomic E-state index is 12.1. The van der Waals surface area contributed by atoms with E-state index in [1.165, 1.54) is 17.3 Å². The maximum Gasteiger partial charge on any atom is 0.173 e. The van der Waals surface area contributed by atoms with Gasteiger partial charge in [0.05, 0.1) is 16.8 Å². The second-order valence-electron chi connectivity index (χ2n) is 4.78. The van der Waals surface area contributed by atoms with Crippen LogP contribution in [0.2, 0.25) is 5.02 Å². The number of aromatic amines is 1. The minimum atomic E-state index is 0. The fourth-order valence-electron chi connectivity index (χ4n) is 2.02. The molecule has 0 saturated carbocycles. The summed E-state index contributed by atoms with van der Waals surface area (Å²) in [7, 11) is 0. The molecule has 0 radical (unpaired) electrons. The average molecular weight is 398 g/mol. The van der Waals surface area contributed by atoms with Crippen molar-refractivity contribution in [2.45, 2.75) is 12.1 Å². The number of nitrogens with zero attached hydrogens (tertiary/aromatic N) is 1. The van der Waals surface area contributed by atoms with E-state index in [-0.39, 0.29) is 22.8 Å². The highest BCUT2D eigenvalue weighted by molar-refractivity contribution is 8.93. The summed E-state index contributed by atoms with van der Waals surface area (Å²) in [5.74, 6) is 0.411. The Morgan fingerprint density at radius 1 is 1.23 bits per heavy atom. The standard InChI is InChI=1S/C16H13ClN2OS.BrH/c1-10-2-7-13-14(8-10)19-16(18-13)21-9-15(20)11-3-5-12(17)6-4-11;/h2-8H,9H2,1H3,(H,18,19);1H. The molecular formula is C16H14BrClN2OS. The lowest BCUT2D eigenvalue weighted by Gasteiger charge is -1.99. The van der Waals surface area contributed by atoms with E-state index in [9.17, 15) is 4.79 Å². The van der Waals surface area contributed by atoms with Gasteiger partial charge in [-0.05, 0) is 48.9 Å². The van der Waals surface area contributed by atoms with Crippen molar-refractivity contribution < 1.29 is 4.79 Å². The zero-order chi connectivity index (χ0) is 14.8. The van der Waals surface area contributed by atoms with Crippen LogP contribution in [-0.4, -0.2) is 21.5 Å². The number of halogens is 2. The van der Waals surface area contributed by atoms with Crippen LogP contribution in [-0.2, 0) is 0 Å². The van der Waals surface area contributed by atoms with Gasteiger partial charge in [-0.15, -0.1) is 17.0 Å². The number of hydrogen-bond acceptors (Lipinski definition) is 3. The number of H-pyrrole nitrogens is 1. The van der Waals surface area contributed by atoms with E-state index in [4.69, 9.17) is 11.6 Å². The van der Waals surface area contributed by atoms with Gasteiger partial charge >= 0.3 is 0 Å². The molecule has 1 heterocycles. The highest BCUT2D eigenvalue weighted by Gasteiger charge is 2.09. The fourth-order valence-corrected chi connectivity index (χ4v) is 2.93. The first-order valence-corrected chi connectivity index (χ1v) is 7.86. The van der Waals surface area contributed by atoms with E-state index in [1.807, 2.05) is 25.1 Å². The molecule has 0 aliphatic heterocycles. The van der Waals surface area contributed by atoms with E-state index in [2.05, 4.69) is 9.97 Å². The van der Waals surface area contributed by atoms with Gasteiger partial charge in [0.15, 0.2) is 10.9 Å². The van der Waals surface area contributed by atoms with E-state index >= 15 is 0 Å². The number of Topliss-reactive ketones (excluding diaryl/α,β-unsaturated/α-hetero) is 1. The van der Waals surface area contributed by atoms with Crippen molar-refractivity contribution in [3.63, 3.8) is 0 Å². The third-order valence-electron chi connectivity index (χ3n) is 3.12. The molecule has 3 aromatic rings. The molecule has 1 aromatic heterocycles. The first kappa shape index (κ1) is 17.1. The minimum Gasteiger partial charge on any atom is -0.333 e. The Kier molecular flexibility index (Phi) is 5.67. The van der Waals surface area contributed by atoms with Gasteiger partial charge in [0.1, 0.15) is 0 Å². The zero-order valence-electron chi connectivity index (χ0n) is 11.8.